The molecule has 3 rings (SSSR count). The summed E-state index contributed by atoms with van der Waals surface area (Å²) in [6.07, 6.45) is 1.90. The van der Waals surface area contributed by atoms with Crippen molar-refractivity contribution in [3.05, 3.63) is 35.9 Å². The average molecular weight is 398 g/mol. The lowest BCUT2D eigenvalue weighted by Crippen LogP contribution is -2.37. The van der Waals surface area contributed by atoms with Gasteiger partial charge in [0.05, 0.1) is 24.9 Å². The average Bonchev–Trinajstić information content (AvgIpc) is 3.19. The van der Waals surface area contributed by atoms with E-state index in [-0.39, 0.29) is 48.8 Å². The quantitative estimate of drug-likeness (QED) is 0.556. The Bertz CT molecular complexity index is 713. The van der Waals surface area contributed by atoms with Crippen molar-refractivity contribution in [3.8, 4) is 0 Å². The molecule has 0 amide bonds. The second kappa shape index (κ2) is 9.14. The summed E-state index contributed by atoms with van der Waals surface area (Å²) < 4.78 is 48.1. The molecule has 0 spiro atoms. The van der Waals surface area contributed by atoms with Crippen molar-refractivity contribution >= 4 is 16.1 Å². The molecule has 1 N–H and O–H groups in total. The smallest absolute Gasteiger partial charge is 0.309 e. The predicted octanol–water partition coefficient (Wildman–Crippen LogP) is 2.41. The Hall–Kier alpha value is -1.48. The van der Waals surface area contributed by atoms with Crippen molar-refractivity contribution in [1.29, 1.82) is 0 Å². The fourth-order valence-corrected chi connectivity index (χ4v) is 4.56. The van der Waals surface area contributed by atoms with Crippen LogP contribution < -0.4 is 0 Å². The molecule has 7 nitrogen and oxygen atoms in total. The Morgan fingerprint density at radius 2 is 1.85 bits per heavy atom. The number of hydrogen-bond acceptors (Lipinski definition) is 6. The number of hydrogen-bond donors (Lipinski definition) is 1. The van der Waals surface area contributed by atoms with Gasteiger partial charge in [-0.05, 0) is 37.2 Å². The molecule has 1 saturated heterocycles. The highest BCUT2D eigenvalue weighted by Crippen LogP contribution is 2.40. The number of ether oxygens (including phenoxy) is 3. The maximum Gasteiger partial charge on any atom is 0.309 e. The monoisotopic (exact) mass is 398 g/mol. The summed E-state index contributed by atoms with van der Waals surface area (Å²) in [6, 6.07) is 9.42. The van der Waals surface area contributed by atoms with Crippen LogP contribution in [0, 0.1) is 17.8 Å². The normalized spacial score (nSPS) is 26.8. The standard InChI is InChI=1S/C19H26O7S/c20-18(26-13-14-4-2-1-3-5-14)17-7-6-16(19-24-9-10-25-19)12-15(17)8-11-27(21,22)23/h1-5,15-17,19H,6-13H2,(H,21,22,23)/t15-,16?,17-/m0/s1. The van der Waals surface area contributed by atoms with E-state index < -0.39 is 10.1 Å². The van der Waals surface area contributed by atoms with Crippen LogP contribution in [0.2, 0.25) is 0 Å². The van der Waals surface area contributed by atoms with E-state index in [1.807, 2.05) is 30.3 Å². The minimum absolute atomic E-state index is 0.122. The second-order valence-electron chi connectivity index (χ2n) is 7.22. The van der Waals surface area contributed by atoms with Crippen molar-refractivity contribution < 1.29 is 32.0 Å². The molecule has 2 fully saturated rings. The highest BCUT2D eigenvalue weighted by molar-refractivity contribution is 7.85. The first-order valence-corrected chi connectivity index (χ1v) is 10.9. The molecule has 8 heteroatoms. The third-order valence-corrected chi connectivity index (χ3v) is 6.08. The maximum atomic E-state index is 12.6. The van der Waals surface area contributed by atoms with Crippen molar-refractivity contribution in [1.82, 2.24) is 0 Å². The molecule has 0 radical (unpaired) electrons. The van der Waals surface area contributed by atoms with Crippen LogP contribution in [-0.2, 0) is 35.7 Å². The summed E-state index contributed by atoms with van der Waals surface area (Å²) in [5.41, 5.74) is 0.904. The fourth-order valence-electron chi connectivity index (χ4n) is 3.96. The van der Waals surface area contributed by atoms with Gasteiger partial charge < -0.3 is 14.2 Å². The third kappa shape index (κ3) is 6.00. The largest absolute Gasteiger partial charge is 0.461 e. The molecule has 1 saturated carbocycles. The Morgan fingerprint density at radius 3 is 2.52 bits per heavy atom. The molecule has 1 aliphatic carbocycles. The first-order chi connectivity index (χ1) is 12.9. The first-order valence-electron chi connectivity index (χ1n) is 9.31. The van der Waals surface area contributed by atoms with E-state index in [1.165, 1.54) is 0 Å². The second-order valence-corrected chi connectivity index (χ2v) is 8.79. The van der Waals surface area contributed by atoms with Gasteiger partial charge in [0, 0.05) is 5.92 Å². The van der Waals surface area contributed by atoms with Crippen LogP contribution in [0.25, 0.3) is 0 Å². The minimum Gasteiger partial charge on any atom is -0.461 e. The van der Waals surface area contributed by atoms with Crippen LogP contribution in [-0.4, -0.2) is 44.2 Å². The van der Waals surface area contributed by atoms with Crippen molar-refractivity contribution in [2.24, 2.45) is 17.8 Å². The zero-order valence-corrected chi connectivity index (χ0v) is 16.0. The zero-order chi connectivity index (χ0) is 19.3. The molecule has 1 aliphatic heterocycles. The lowest BCUT2D eigenvalue weighted by Gasteiger charge is -2.36. The topological polar surface area (TPSA) is 99.1 Å². The van der Waals surface area contributed by atoms with Crippen molar-refractivity contribution in [2.75, 3.05) is 19.0 Å². The summed E-state index contributed by atoms with van der Waals surface area (Å²) in [6.45, 7) is 1.30. The van der Waals surface area contributed by atoms with Gasteiger partial charge in [-0.25, -0.2) is 0 Å². The Kier molecular flexibility index (Phi) is 6.86. The van der Waals surface area contributed by atoms with E-state index in [1.54, 1.807) is 0 Å². The van der Waals surface area contributed by atoms with Gasteiger partial charge in [0.1, 0.15) is 6.61 Å². The van der Waals surface area contributed by atoms with Gasteiger partial charge in [-0.3, -0.25) is 9.35 Å². The van der Waals surface area contributed by atoms with Gasteiger partial charge in [0.25, 0.3) is 10.1 Å². The van der Waals surface area contributed by atoms with Crippen LogP contribution in [0.4, 0.5) is 0 Å². The molecular formula is C19H26O7S. The van der Waals surface area contributed by atoms with Crippen LogP contribution >= 0.6 is 0 Å². The number of carbonyl (C=O) groups excluding carboxylic acids is 1. The summed E-state index contributed by atoms with van der Waals surface area (Å²) in [4.78, 5) is 12.6. The molecular weight excluding hydrogens is 372 g/mol. The van der Waals surface area contributed by atoms with Gasteiger partial charge in [-0.2, -0.15) is 8.42 Å². The maximum absolute atomic E-state index is 12.6. The highest BCUT2D eigenvalue weighted by atomic mass is 32.2. The molecule has 1 heterocycles. The minimum atomic E-state index is -4.08. The van der Waals surface area contributed by atoms with Gasteiger partial charge in [0.15, 0.2) is 6.29 Å². The summed E-state index contributed by atoms with van der Waals surface area (Å²) >= 11 is 0. The molecule has 1 aromatic carbocycles. The van der Waals surface area contributed by atoms with Crippen molar-refractivity contribution in [3.63, 3.8) is 0 Å². The van der Waals surface area contributed by atoms with E-state index >= 15 is 0 Å². The fraction of sp³-hybridized carbons (Fsp3) is 0.632. The molecule has 0 aromatic heterocycles. The molecule has 0 bridgehead atoms. The van der Waals surface area contributed by atoms with Crippen LogP contribution in [0.15, 0.2) is 30.3 Å². The number of carbonyl (C=O) groups is 1. The molecule has 27 heavy (non-hydrogen) atoms. The van der Waals surface area contributed by atoms with Crippen LogP contribution in [0.5, 0.6) is 0 Å². The first kappa shape index (κ1) is 20.3. The van der Waals surface area contributed by atoms with E-state index in [0.717, 1.165) is 12.0 Å². The summed E-state index contributed by atoms with van der Waals surface area (Å²) in [5, 5.41) is 0. The van der Waals surface area contributed by atoms with Gasteiger partial charge in [0.2, 0.25) is 0 Å². The van der Waals surface area contributed by atoms with Gasteiger partial charge >= 0.3 is 5.97 Å². The summed E-state index contributed by atoms with van der Waals surface area (Å²) in [5.74, 6) is -1.13. The van der Waals surface area contributed by atoms with E-state index in [9.17, 15) is 13.2 Å². The number of rotatable bonds is 7. The number of esters is 1. The Labute approximate surface area is 159 Å². The SMILES string of the molecule is O=C(OCc1ccccc1)[C@H]1CCC(C2OCCO2)C[C@@H]1CCS(=O)(=O)O. The molecule has 1 aromatic rings. The van der Waals surface area contributed by atoms with Crippen molar-refractivity contribution in [2.45, 2.75) is 38.6 Å². The predicted molar refractivity (Wildman–Crippen MR) is 97.3 cm³/mol. The lowest BCUT2D eigenvalue weighted by molar-refractivity contribution is -0.157. The van der Waals surface area contributed by atoms with Crippen LogP contribution in [0.1, 0.15) is 31.2 Å². The molecule has 1 unspecified atom stereocenters. The lowest BCUT2D eigenvalue weighted by atomic mass is 9.72. The summed E-state index contributed by atoms with van der Waals surface area (Å²) in [7, 11) is -4.08. The van der Waals surface area contributed by atoms with E-state index in [2.05, 4.69) is 0 Å². The highest BCUT2D eigenvalue weighted by Gasteiger charge is 2.40. The van der Waals surface area contributed by atoms with Gasteiger partial charge in [-0.15, -0.1) is 0 Å². The Morgan fingerprint density at radius 1 is 1.15 bits per heavy atom. The zero-order valence-electron chi connectivity index (χ0n) is 15.2. The molecule has 3 atom stereocenters. The van der Waals surface area contributed by atoms with E-state index in [4.69, 9.17) is 18.8 Å². The molecule has 2 aliphatic rings. The van der Waals surface area contributed by atoms with Crippen LogP contribution in [0.3, 0.4) is 0 Å². The Balaban J connectivity index is 1.62. The van der Waals surface area contributed by atoms with E-state index in [0.29, 0.717) is 26.1 Å². The third-order valence-electron chi connectivity index (χ3n) is 5.33. The van der Waals surface area contributed by atoms with Gasteiger partial charge in [-0.1, -0.05) is 30.3 Å². The molecule has 150 valence electrons. The number of benzene rings is 1.